The highest BCUT2D eigenvalue weighted by molar-refractivity contribution is 5.96. The highest BCUT2D eigenvalue weighted by Gasteiger charge is 2.83. The van der Waals surface area contributed by atoms with Gasteiger partial charge < -0.3 is 34.6 Å². The summed E-state index contributed by atoms with van der Waals surface area (Å²) in [6, 6.07) is 0. The number of carbonyl (C=O) groups excluding carboxylic acids is 3. The molecular weight excluding hydrogens is 508 g/mol. The first kappa shape index (κ1) is 28.7. The van der Waals surface area contributed by atoms with Crippen LogP contribution in [0.3, 0.4) is 0 Å². The zero-order chi connectivity index (χ0) is 29.0. The van der Waals surface area contributed by atoms with Crippen molar-refractivity contribution in [2.24, 2.45) is 46.3 Å². The van der Waals surface area contributed by atoms with Crippen molar-refractivity contribution in [3.63, 3.8) is 0 Å². The Morgan fingerprint density at radius 1 is 1.21 bits per heavy atom. The number of rotatable bonds is 5. The number of hydrogen-bond donors (Lipinski definition) is 4. The summed E-state index contributed by atoms with van der Waals surface area (Å²) < 4.78 is 17.8. The van der Waals surface area contributed by atoms with Gasteiger partial charge in [-0.2, -0.15) is 0 Å². The van der Waals surface area contributed by atoms with E-state index in [0.29, 0.717) is 5.57 Å². The fourth-order valence-electron chi connectivity index (χ4n) is 9.22. The quantitative estimate of drug-likeness (QED) is 0.365. The first-order chi connectivity index (χ1) is 18.0. The molecule has 4 fully saturated rings. The van der Waals surface area contributed by atoms with Gasteiger partial charge in [0.05, 0.1) is 18.6 Å². The molecule has 10 nitrogen and oxygen atoms in total. The molecule has 2 aliphatic heterocycles. The van der Waals surface area contributed by atoms with Gasteiger partial charge in [0.25, 0.3) is 0 Å². The molecule has 4 N–H and O–H groups in total. The van der Waals surface area contributed by atoms with Gasteiger partial charge in [-0.25, -0.2) is 4.79 Å². The normalized spacial score (nSPS) is 46.9. The van der Waals surface area contributed by atoms with Gasteiger partial charge in [0.1, 0.15) is 18.3 Å². The van der Waals surface area contributed by atoms with Crippen LogP contribution in [0, 0.1) is 46.3 Å². The molecule has 0 aromatic carbocycles. The van der Waals surface area contributed by atoms with E-state index in [-0.39, 0.29) is 31.3 Å². The van der Waals surface area contributed by atoms with Crippen LogP contribution in [-0.4, -0.2) is 80.6 Å². The molecule has 2 bridgehead atoms. The molecule has 39 heavy (non-hydrogen) atoms. The predicted octanol–water partition coefficient (Wildman–Crippen LogP) is 1.12. The smallest absolute Gasteiger partial charge is 0.348 e. The fourth-order valence-corrected chi connectivity index (χ4v) is 9.22. The van der Waals surface area contributed by atoms with Gasteiger partial charge in [0, 0.05) is 22.7 Å². The van der Waals surface area contributed by atoms with Crippen LogP contribution in [0.15, 0.2) is 11.6 Å². The summed E-state index contributed by atoms with van der Waals surface area (Å²) in [6.07, 6.45) is -3.83. The van der Waals surface area contributed by atoms with Gasteiger partial charge in [-0.15, -0.1) is 0 Å². The summed E-state index contributed by atoms with van der Waals surface area (Å²) in [7, 11) is 0. The maximum atomic E-state index is 13.5. The van der Waals surface area contributed by atoms with Crippen molar-refractivity contribution in [3.8, 4) is 0 Å². The van der Waals surface area contributed by atoms with Crippen LogP contribution in [0.25, 0.3) is 0 Å². The summed E-state index contributed by atoms with van der Waals surface area (Å²) >= 11 is 0. The summed E-state index contributed by atoms with van der Waals surface area (Å²) in [4.78, 5) is 39.6. The van der Waals surface area contributed by atoms with E-state index >= 15 is 0 Å². The Labute approximate surface area is 228 Å². The molecule has 0 aromatic rings. The van der Waals surface area contributed by atoms with Crippen molar-refractivity contribution in [2.45, 2.75) is 97.1 Å². The van der Waals surface area contributed by atoms with Gasteiger partial charge in [-0.1, -0.05) is 47.1 Å². The number of aliphatic hydroxyl groups excluding tert-OH is 2. The third kappa shape index (κ3) is 3.47. The molecule has 2 heterocycles. The predicted molar refractivity (Wildman–Crippen MR) is 135 cm³/mol. The summed E-state index contributed by atoms with van der Waals surface area (Å²) in [5.74, 6) is -7.69. The molecular formula is C29H42O10. The molecule has 3 aliphatic carbocycles. The van der Waals surface area contributed by atoms with Gasteiger partial charge in [0.15, 0.2) is 11.6 Å². The molecule has 5 aliphatic rings. The maximum Gasteiger partial charge on any atom is 0.348 e. The van der Waals surface area contributed by atoms with E-state index in [1.54, 1.807) is 48.5 Å². The second kappa shape index (κ2) is 8.82. The van der Waals surface area contributed by atoms with Crippen LogP contribution in [-0.2, 0) is 28.6 Å². The average molecular weight is 551 g/mol. The molecule has 0 amide bonds. The van der Waals surface area contributed by atoms with E-state index in [0.717, 1.165) is 0 Å². The molecule has 11 atom stereocenters. The van der Waals surface area contributed by atoms with E-state index in [9.17, 15) is 34.8 Å². The number of aliphatic hydroxyl groups is 4. The zero-order valence-corrected chi connectivity index (χ0v) is 23.7. The summed E-state index contributed by atoms with van der Waals surface area (Å²) in [6.45, 7) is 12.3. The van der Waals surface area contributed by atoms with Gasteiger partial charge in [-0.05, 0) is 43.1 Å². The van der Waals surface area contributed by atoms with Crippen LogP contribution in [0.2, 0.25) is 0 Å². The SMILES string of the molecule is CC1=CC(=O)[C@@H](O)[C@]2(C)[C@H]3[C@]4(O)OC[C@]35[C@H]([C@@H](C)[C@H]4O)[C@@H](OC(=O)CC(O)(C(C)C)C(C)C)C(=O)O[C@@H]5C[C@@H]12. The Hall–Kier alpha value is -1.85. The van der Waals surface area contributed by atoms with Crippen molar-refractivity contribution in [2.75, 3.05) is 6.61 Å². The lowest BCUT2D eigenvalue weighted by atomic mass is 9.38. The monoisotopic (exact) mass is 550 g/mol. The third-order valence-corrected chi connectivity index (χ3v) is 11.3. The van der Waals surface area contributed by atoms with E-state index < -0.39 is 88.0 Å². The standard InChI is InChI=1S/C29H42O10/c1-12(2)28(35,13(3)4)10-19(31)39-21-20-15(6)22(32)29(36)25-26(7)16(14(5)8-17(30)23(26)33)9-18(38-24(21)34)27(20,25)11-37-29/h8,12-13,15-16,18,20-23,25,32-33,35-36H,9-11H2,1-7H3/t15-,16+,18-,20-,21-,22-,23-,25-,26-,27+,29-/m1/s1. The number of ketones is 1. The molecule has 2 saturated carbocycles. The summed E-state index contributed by atoms with van der Waals surface area (Å²) in [5.41, 5.74) is -3.05. The van der Waals surface area contributed by atoms with E-state index in [4.69, 9.17) is 14.2 Å². The second-order valence-electron chi connectivity index (χ2n) is 13.6. The minimum absolute atomic E-state index is 0.111. The Bertz CT molecular complexity index is 1110. The molecule has 218 valence electrons. The van der Waals surface area contributed by atoms with Crippen LogP contribution < -0.4 is 0 Å². The molecule has 0 aromatic heterocycles. The minimum Gasteiger partial charge on any atom is -0.459 e. The maximum absolute atomic E-state index is 13.5. The Morgan fingerprint density at radius 3 is 2.41 bits per heavy atom. The van der Waals surface area contributed by atoms with Crippen molar-refractivity contribution in [3.05, 3.63) is 11.6 Å². The van der Waals surface area contributed by atoms with Crippen LogP contribution in [0.1, 0.15) is 61.3 Å². The van der Waals surface area contributed by atoms with Crippen LogP contribution in [0.5, 0.6) is 0 Å². The number of allylic oxidation sites excluding steroid dienone is 1. The van der Waals surface area contributed by atoms with Gasteiger partial charge in [-0.3, -0.25) is 9.59 Å². The lowest BCUT2D eigenvalue weighted by Crippen LogP contribution is -2.78. The lowest BCUT2D eigenvalue weighted by Gasteiger charge is -2.68. The van der Waals surface area contributed by atoms with Crippen LogP contribution >= 0.6 is 0 Å². The van der Waals surface area contributed by atoms with E-state index in [1.165, 1.54) is 6.08 Å². The fraction of sp³-hybridized carbons (Fsp3) is 0.828. The molecule has 0 radical (unpaired) electrons. The van der Waals surface area contributed by atoms with Gasteiger partial charge in [0.2, 0.25) is 6.10 Å². The van der Waals surface area contributed by atoms with E-state index in [1.807, 2.05) is 0 Å². The van der Waals surface area contributed by atoms with Gasteiger partial charge >= 0.3 is 11.9 Å². The number of esters is 2. The Balaban J connectivity index is 1.60. The highest BCUT2D eigenvalue weighted by atomic mass is 16.7. The lowest BCUT2D eigenvalue weighted by molar-refractivity contribution is -0.340. The van der Waals surface area contributed by atoms with Crippen LogP contribution in [0.4, 0.5) is 0 Å². The second-order valence-corrected chi connectivity index (χ2v) is 13.6. The number of ether oxygens (including phenoxy) is 3. The largest absolute Gasteiger partial charge is 0.459 e. The molecule has 5 rings (SSSR count). The Morgan fingerprint density at radius 2 is 1.82 bits per heavy atom. The Kier molecular flexibility index (Phi) is 6.49. The topological polar surface area (TPSA) is 160 Å². The average Bonchev–Trinajstić information content (AvgIpc) is 3.13. The van der Waals surface area contributed by atoms with Crippen molar-refractivity contribution in [1.29, 1.82) is 0 Å². The molecule has 0 unspecified atom stereocenters. The minimum atomic E-state index is -2.12. The van der Waals surface area contributed by atoms with Crippen molar-refractivity contribution >= 4 is 17.7 Å². The first-order valence-corrected chi connectivity index (χ1v) is 14.0. The molecule has 2 saturated heterocycles. The molecule has 1 spiro atoms. The van der Waals surface area contributed by atoms with Crippen molar-refractivity contribution in [1.82, 2.24) is 0 Å². The number of hydrogen-bond acceptors (Lipinski definition) is 10. The zero-order valence-electron chi connectivity index (χ0n) is 23.7. The van der Waals surface area contributed by atoms with E-state index in [2.05, 4.69) is 0 Å². The molecule has 10 heteroatoms. The third-order valence-electron chi connectivity index (χ3n) is 11.3. The summed E-state index contributed by atoms with van der Waals surface area (Å²) in [5, 5.41) is 45.9. The highest BCUT2D eigenvalue weighted by Crippen LogP contribution is 2.73. The number of fused-ring (bicyclic) bond motifs is 1. The first-order valence-electron chi connectivity index (χ1n) is 14.0. The number of carbonyl (C=O) groups is 3. The van der Waals surface area contributed by atoms with Crippen molar-refractivity contribution < 1.29 is 49.0 Å².